The first-order chi connectivity index (χ1) is 21.6. The number of anilines is 2. The quantitative estimate of drug-likeness (QED) is 0.229. The molecule has 0 saturated carbocycles. The second kappa shape index (κ2) is 11.7. The van der Waals surface area contributed by atoms with Crippen LogP contribution in [0.15, 0.2) is 30.9 Å². The van der Waals surface area contributed by atoms with Gasteiger partial charge in [-0.2, -0.15) is 0 Å². The number of aromatic amines is 1. The largest absolute Gasteiger partial charge is 0.444 e. The van der Waals surface area contributed by atoms with Gasteiger partial charge < -0.3 is 39.9 Å². The molecule has 2 aliphatic rings. The maximum Gasteiger partial charge on any atom is 0.410 e. The third-order valence-corrected chi connectivity index (χ3v) is 8.08. The fourth-order valence-electron chi connectivity index (χ4n) is 5.92. The smallest absolute Gasteiger partial charge is 0.410 e. The minimum Gasteiger partial charge on any atom is -0.444 e. The van der Waals surface area contributed by atoms with Gasteiger partial charge in [-0.25, -0.2) is 24.7 Å². The van der Waals surface area contributed by atoms with E-state index in [0.717, 1.165) is 11.0 Å². The number of nitrogens with one attached hydrogen (secondary N) is 2. The summed E-state index contributed by atoms with van der Waals surface area (Å²) >= 11 is 0. The van der Waals surface area contributed by atoms with Crippen molar-refractivity contribution in [1.29, 1.82) is 0 Å². The van der Waals surface area contributed by atoms with Crippen LogP contribution < -0.4 is 11.1 Å². The molecule has 248 valence electrons. The van der Waals surface area contributed by atoms with Crippen molar-refractivity contribution >= 4 is 40.1 Å². The number of aromatic nitrogens is 6. The van der Waals surface area contributed by atoms with Crippen molar-refractivity contribution in [2.75, 3.05) is 30.7 Å². The Kier molecular flexibility index (Phi) is 8.10. The number of nitrogen functional groups attached to an aromatic ring is 1. The minimum absolute atomic E-state index is 0.0370. The SMILES string of the molecule is CC(C)(C)OC(=O)N(CCCNc1nc2cc(C(C)(C)C)ccc2[nH]1)C[C@H]1O[C@@H](n2cnc3c(N)ncnc32)[C@@H]2OC(C)(C)O[C@@H]21. The van der Waals surface area contributed by atoms with Crippen molar-refractivity contribution in [1.82, 2.24) is 34.4 Å². The van der Waals surface area contributed by atoms with Crippen molar-refractivity contribution < 1.29 is 23.7 Å². The molecular formula is C32H45N9O5. The van der Waals surface area contributed by atoms with Gasteiger partial charge in [-0.1, -0.05) is 26.8 Å². The molecule has 2 saturated heterocycles. The van der Waals surface area contributed by atoms with Crippen molar-refractivity contribution in [2.45, 2.75) is 103 Å². The highest BCUT2D eigenvalue weighted by molar-refractivity contribution is 5.81. The van der Waals surface area contributed by atoms with E-state index >= 15 is 0 Å². The Morgan fingerprint density at radius 1 is 1.13 bits per heavy atom. The first-order valence-electron chi connectivity index (χ1n) is 15.7. The van der Waals surface area contributed by atoms with E-state index in [1.807, 2.05) is 34.6 Å². The highest BCUT2D eigenvalue weighted by Gasteiger charge is 2.56. The van der Waals surface area contributed by atoms with Crippen LogP contribution in [0.5, 0.6) is 0 Å². The normalized spacial score (nSPS) is 22.8. The van der Waals surface area contributed by atoms with Gasteiger partial charge in [0.15, 0.2) is 23.5 Å². The van der Waals surface area contributed by atoms with Crippen LogP contribution in [0.25, 0.3) is 22.2 Å². The lowest BCUT2D eigenvalue weighted by Crippen LogP contribution is -2.45. The van der Waals surface area contributed by atoms with Crippen molar-refractivity contribution in [2.24, 2.45) is 0 Å². The second-order valence-corrected chi connectivity index (χ2v) is 14.5. The lowest BCUT2D eigenvalue weighted by atomic mass is 9.87. The molecule has 3 aromatic heterocycles. The maximum atomic E-state index is 13.5. The number of hydrogen-bond donors (Lipinski definition) is 3. The van der Waals surface area contributed by atoms with Crippen LogP contribution in [0.4, 0.5) is 16.6 Å². The minimum atomic E-state index is -0.846. The van der Waals surface area contributed by atoms with Crippen molar-refractivity contribution in [3.63, 3.8) is 0 Å². The number of rotatable bonds is 8. The zero-order chi connectivity index (χ0) is 33.0. The number of fused-ring (bicyclic) bond motifs is 3. The summed E-state index contributed by atoms with van der Waals surface area (Å²) in [4.78, 5) is 36.1. The molecule has 1 amide bonds. The number of amides is 1. The monoisotopic (exact) mass is 635 g/mol. The van der Waals surface area contributed by atoms with Gasteiger partial charge in [0.1, 0.15) is 35.8 Å². The van der Waals surface area contributed by atoms with Gasteiger partial charge in [0, 0.05) is 13.1 Å². The molecule has 0 bridgehead atoms. The number of ether oxygens (including phenoxy) is 4. The van der Waals surface area contributed by atoms with E-state index < -0.39 is 42.0 Å². The third-order valence-electron chi connectivity index (χ3n) is 8.08. The summed E-state index contributed by atoms with van der Waals surface area (Å²) in [6.07, 6.45) is 1.18. The van der Waals surface area contributed by atoms with Crippen LogP contribution >= 0.6 is 0 Å². The van der Waals surface area contributed by atoms with E-state index in [0.29, 0.717) is 36.6 Å². The van der Waals surface area contributed by atoms with Gasteiger partial charge in [0.2, 0.25) is 5.95 Å². The van der Waals surface area contributed by atoms with E-state index in [1.54, 1.807) is 15.8 Å². The molecule has 0 unspecified atom stereocenters. The summed E-state index contributed by atoms with van der Waals surface area (Å²) in [5.74, 6) is 0.118. The Morgan fingerprint density at radius 3 is 2.63 bits per heavy atom. The van der Waals surface area contributed by atoms with E-state index in [2.05, 4.69) is 64.2 Å². The van der Waals surface area contributed by atoms with Gasteiger partial charge >= 0.3 is 6.09 Å². The summed E-state index contributed by atoms with van der Waals surface area (Å²) in [5, 5.41) is 3.37. The average Bonchev–Trinajstić information content (AvgIpc) is 3.70. The maximum absolute atomic E-state index is 13.5. The molecule has 1 aromatic carbocycles. The highest BCUT2D eigenvalue weighted by atomic mass is 16.8. The third kappa shape index (κ3) is 6.60. The Hall–Kier alpha value is -4.01. The molecular weight excluding hydrogens is 590 g/mol. The average molecular weight is 636 g/mol. The van der Waals surface area contributed by atoms with Crippen LogP contribution in [0, 0.1) is 0 Å². The molecule has 2 aliphatic heterocycles. The fraction of sp³-hybridized carbons (Fsp3) is 0.594. The predicted molar refractivity (Wildman–Crippen MR) is 173 cm³/mol. The Labute approximate surface area is 268 Å². The Bertz CT molecular complexity index is 1720. The van der Waals surface area contributed by atoms with E-state index in [9.17, 15) is 4.79 Å². The van der Waals surface area contributed by atoms with E-state index in [-0.39, 0.29) is 17.8 Å². The number of carbonyl (C=O) groups excluding carboxylic acids is 1. The number of H-pyrrole nitrogens is 1. The van der Waals surface area contributed by atoms with Gasteiger partial charge in [-0.05, 0) is 64.2 Å². The van der Waals surface area contributed by atoms with Crippen LogP contribution in [0.3, 0.4) is 0 Å². The van der Waals surface area contributed by atoms with Crippen LogP contribution in [-0.2, 0) is 24.4 Å². The zero-order valence-corrected chi connectivity index (χ0v) is 27.8. The predicted octanol–water partition coefficient (Wildman–Crippen LogP) is 4.74. The first kappa shape index (κ1) is 32.0. The molecule has 4 atom stereocenters. The number of hydrogen-bond acceptors (Lipinski definition) is 11. The lowest BCUT2D eigenvalue weighted by molar-refractivity contribution is -0.197. The summed E-state index contributed by atoms with van der Waals surface area (Å²) < 4.78 is 26.8. The van der Waals surface area contributed by atoms with Crippen LogP contribution in [0.1, 0.15) is 73.6 Å². The van der Waals surface area contributed by atoms with Gasteiger partial charge in [-0.15, -0.1) is 0 Å². The number of nitrogens with two attached hydrogens (primary N) is 1. The van der Waals surface area contributed by atoms with Crippen LogP contribution in [0.2, 0.25) is 0 Å². The molecule has 4 aromatic rings. The molecule has 14 heteroatoms. The number of carbonyl (C=O) groups is 1. The molecule has 5 heterocycles. The van der Waals surface area contributed by atoms with Crippen molar-refractivity contribution in [3.8, 4) is 0 Å². The van der Waals surface area contributed by atoms with E-state index in [4.69, 9.17) is 29.7 Å². The Morgan fingerprint density at radius 2 is 1.89 bits per heavy atom. The standard InChI is InChI=1S/C32H45N9O5/c1-30(2,3)18-10-11-19-20(14-18)39-28(38-19)34-12-9-13-40(29(42)46-31(4,5)6)15-21-23-24(45-32(7,8)44-23)27(43-21)41-17-37-22-25(33)35-16-36-26(22)41/h10-11,14,16-17,21,23-24,27H,9,12-13,15H2,1-8H3,(H2,33,35,36)(H2,34,38,39)/t21-,23-,24-,27-/m1/s1. The second-order valence-electron chi connectivity index (χ2n) is 14.5. The zero-order valence-electron chi connectivity index (χ0n) is 27.8. The van der Waals surface area contributed by atoms with Gasteiger partial charge in [-0.3, -0.25) is 4.57 Å². The highest BCUT2D eigenvalue weighted by Crippen LogP contribution is 2.44. The van der Waals surface area contributed by atoms with Crippen LogP contribution in [-0.4, -0.2) is 89.8 Å². The Balaban J connectivity index is 1.16. The number of imidazole rings is 2. The van der Waals surface area contributed by atoms with Gasteiger partial charge in [0.25, 0.3) is 0 Å². The molecule has 0 radical (unpaired) electrons. The molecule has 14 nitrogen and oxygen atoms in total. The molecule has 46 heavy (non-hydrogen) atoms. The van der Waals surface area contributed by atoms with E-state index in [1.165, 1.54) is 11.9 Å². The molecule has 0 aliphatic carbocycles. The molecule has 4 N–H and O–H groups in total. The molecule has 2 fully saturated rings. The summed E-state index contributed by atoms with van der Waals surface area (Å²) in [6, 6.07) is 6.31. The molecule has 6 rings (SSSR count). The molecule has 0 spiro atoms. The number of nitrogens with zero attached hydrogens (tertiary/aromatic N) is 6. The summed E-state index contributed by atoms with van der Waals surface area (Å²) in [5.41, 5.74) is 9.52. The topological polar surface area (TPSA) is 168 Å². The van der Waals surface area contributed by atoms with Crippen molar-refractivity contribution in [3.05, 3.63) is 36.4 Å². The lowest BCUT2D eigenvalue weighted by Gasteiger charge is -2.31. The summed E-state index contributed by atoms with van der Waals surface area (Å²) in [7, 11) is 0. The fourth-order valence-corrected chi connectivity index (χ4v) is 5.92. The van der Waals surface area contributed by atoms with Gasteiger partial charge in [0.05, 0.1) is 23.9 Å². The first-order valence-corrected chi connectivity index (χ1v) is 15.7. The summed E-state index contributed by atoms with van der Waals surface area (Å²) in [6.45, 7) is 17.1. The number of benzene rings is 1.